The minimum Gasteiger partial charge on any atom is -0.475 e. The van der Waals surface area contributed by atoms with Crippen molar-refractivity contribution in [3.8, 4) is 0 Å². The Labute approximate surface area is 185 Å². The number of halogens is 3. The second-order valence-corrected chi connectivity index (χ2v) is 6.50. The van der Waals surface area contributed by atoms with Crippen LogP contribution in [-0.4, -0.2) is 57.0 Å². The van der Waals surface area contributed by atoms with E-state index >= 15 is 0 Å². The molecule has 0 aliphatic heterocycles. The van der Waals surface area contributed by atoms with Gasteiger partial charge in [0.05, 0.1) is 17.2 Å². The third kappa shape index (κ3) is 8.39. The molecular formula is C18H22F3N7O5. The number of anilines is 2. The molecule has 12 nitrogen and oxygen atoms in total. The number of aryl methyl sites for hydroxylation is 2. The molecule has 0 unspecified atom stereocenters. The van der Waals surface area contributed by atoms with Crippen LogP contribution >= 0.6 is 0 Å². The molecule has 0 spiro atoms. The van der Waals surface area contributed by atoms with Crippen molar-refractivity contribution >= 4 is 41.4 Å². The summed E-state index contributed by atoms with van der Waals surface area (Å²) >= 11 is 0. The Morgan fingerprint density at radius 2 is 1.58 bits per heavy atom. The molecule has 0 aromatic carbocycles. The van der Waals surface area contributed by atoms with Crippen LogP contribution in [0.25, 0.3) is 0 Å². The summed E-state index contributed by atoms with van der Waals surface area (Å²) < 4.78 is 34.9. The summed E-state index contributed by atoms with van der Waals surface area (Å²) in [5.41, 5.74) is 6.92. The first-order chi connectivity index (χ1) is 15.3. The fraction of sp³-hybridized carbons (Fsp3) is 0.278. The van der Waals surface area contributed by atoms with Crippen LogP contribution in [0.3, 0.4) is 0 Å². The summed E-state index contributed by atoms with van der Waals surface area (Å²) in [6.45, 7) is 0.261. The van der Waals surface area contributed by atoms with E-state index in [1.165, 1.54) is 0 Å². The molecule has 2 heterocycles. The molecule has 0 radical (unpaired) electrons. The van der Waals surface area contributed by atoms with Gasteiger partial charge in [0, 0.05) is 39.5 Å². The predicted molar refractivity (Wildman–Crippen MR) is 111 cm³/mol. The van der Waals surface area contributed by atoms with Crippen molar-refractivity contribution in [2.45, 2.75) is 12.6 Å². The second kappa shape index (κ2) is 11.4. The van der Waals surface area contributed by atoms with Crippen molar-refractivity contribution in [1.29, 1.82) is 5.41 Å². The third-order valence-electron chi connectivity index (χ3n) is 3.88. The Balaban J connectivity index is 0.000000675. The second-order valence-electron chi connectivity index (χ2n) is 6.50. The van der Waals surface area contributed by atoms with Gasteiger partial charge in [0.15, 0.2) is 0 Å². The molecule has 180 valence electrons. The van der Waals surface area contributed by atoms with E-state index in [9.17, 15) is 27.6 Å². The van der Waals surface area contributed by atoms with Gasteiger partial charge in [-0.2, -0.15) is 13.2 Å². The van der Waals surface area contributed by atoms with Gasteiger partial charge < -0.3 is 35.9 Å². The zero-order chi connectivity index (χ0) is 25.3. The van der Waals surface area contributed by atoms with Gasteiger partial charge in [0.1, 0.15) is 11.4 Å². The van der Waals surface area contributed by atoms with Crippen LogP contribution in [-0.2, 0) is 23.7 Å². The molecule has 0 aliphatic carbocycles. The molecule has 0 saturated carbocycles. The van der Waals surface area contributed by atoms with Gasteiger partial charge in [0.25, 0.3) is 11.8 Å². The Bertz CT molecular complexity index is 1040. The molecule has 0 aliphatic rings. The van der Waals surface area contributed by atoms with E-state index in [1.807, 2.05) is 0 Å². The number of carboxylic acid groups (broad SMARTS) is 1. The van der Waals surface area contributed by atoms with Gasteiger partial charge in [-0.1, -0.05) is 0 Å². The van der Waals surface area contributed by atoms with Crippen LogP contribution in [0.2, 0.25) is 0 Å². The van der Waals surface area contributed by atoms with Gasteiger partial charge >= 0.3 is 12.1 Å². The number of alkyl halides is 3. The summed E-state index contributed by atoms with van der Waals surface area (Å²) in [6.07, 6.45) is -1.05. The lowest BCUT2D eigenvalue weighted by Gasteiger charge is -2.04. The van der Waals surface area contributed by atoms with Gasteiger partial charge in [-0.15, -0.1) is 0 Å². The number of aliphatic carboxylic acids is 1. The molecule has 0 bridgehead atoms. The fourth-order valence-corrected chi connectivity index (χ4v) is 2.39. The number of carbonyl (C=O) groups is 4. The number of nitrogens with one attached hydrogen (secondary N) is 4. The van der Waals surface area contributed by atoms with E-state index in [0.717, 1.165) is 0 Å². The maximum Gasteiger partial charge on any atom is 0.490 e. The van der Waals surface area contributed by atoms with Crippen molar-refractivity contribution in [2.75, 3.05) is 17.2 Å². The summed E-state index contributed by atoms with van der Waals surface area (Å²) in [6, 6.07) is 3.09. The van der Waals surface area contributed by atoms with Gasteiger partial charge in [0.2, 0.25) is 6.41 Å². The molecular weight excluding hydrogens is 451 g/mol. The van der Waals surface area contributed by atoms with Crippen molar-refractivity contribution in [1.82, 2.24) is 14.5 Å². The first-order valence-electron chi connectivity index (χ1n) is 9.01. The van der Waals surface area contributed by atoms with E-state index < -0.39 is 12.1 Å². The van der Waals surface area contributed by atoms with Crippen molar-refractivity contribution in [2.24, 2.45) is 19.8 Å². The summed E-state index contributed by atoms with van der Waals surface area (Å²) in [5.74, 6) is -3.46. The Hall–Kier alpha value is -4.30. The fourth-order valence-electron chi connectivity index (χ4n) is 2.39. The quantitative estimate of drug-likeness (QED) is 0.188. The first-order valence-corrected chi connectivity index (χ1v) is 9.01. The van der Waals surface area contributed by atoms with E-state index in [1.54, 1.807) is 47.8 Å². The Kier molecular flexibility index (Phi) is 9.20. The molecule has 2 aromatic heterocycles. The van der Waals surface area contributed by atoms with Crippen LogP contribution in [0.15, 0.2) is 24.5 Å². The van der Waals surface area contributed by atoms with E-state index in [-0.39, 0.29) is 30.6 Å². The molecule has 0 saturated heterocycles. The highest BCUT2D eigenvalue weighted by Crippen LogP contribution is 2.17. The summed E-state index contributed by atoms with van der Waals surface area (Å²) in [5, 5.41) is 22.1. The Morgan fingerprint density at radius 1 is 1.09 bits per heavy atom. The van der Waals surface area contributed by atoms with Crippen molar-refractivity contribution in [3.05, 3.63) is 35.9 Å². The van der Waals surface area contributed by atoms with E-state index in [2.05, 4.69) is 16.0 Å². The van der Waals surface area contributed by atoms with Crippen LogP contribution in [0.4, 0.5) is 24.5 Å². The number of carbonyl (C=O) groups excluding carboxylic acids is 3. The summed E-state index contributed by atoms with van der Waals surface area (Å²) in [4.78, 5) is 43.9. The maximum atomic E-state index is 12.4. The minimum absolute atomic E-state index is 0.00357. The molecule has 2 aromatic rings. The van der Waals surface area contributed by atoms with Crippen LogP contribution in [0, 0.1) is 5.41 Å². The Morgan fingerprint density at radius 3 is 2.06 bits per heavy atom. The average Bonchev–Trinajstić information content (AvgIpc) is 3.23. The van der Waals surface area contributed by atoms with Gasteiger partial charge in [-0.3, -0.25) is 19.8 Å². The number of hydrogen-bond acceptors (Lipinski definition) is 5. The number of rotatable bonds is 8. The normalized spacial score (nSPS) is 10.5. The predicted octanol–water partition coefficient (Wildman–Crippen LogP) is 0.873. The molecule has 2 rings (SSSR count). The number of hydrogen-bond donors (Lipinski definition) is 6. The minimum atomic E-state index is -5.08. The maximum absolute atomic E-state index is 12.4. The highest BCUT2D eigenvalue weighted by atomic mass is 19.4. The molecule has 0 fully saturated rings. The largest absolute Gasteiger partial charge is 0.490 e. The van der Waals surface area contributed by atoms with E-state index in [4.69, 9.17) is 21.0 Å². The van der Waals surface area contributed by atoms with Crippen molar-refractivity contribution in [3.63, 3.8) is 0 Å². The third-order valence-corrected chi connectivity index (χ3v) is 3.88. The number of amidine groups is 1. The SMILES string of the molecule is Cn1cc(NC(=O)c2cc(NC=O)cn2C)cc1C(=O)NCCC(=N)N.O=C(O)C(F)(F)F. The standard InChI is InChI=1S/C16H21N7O3.C2HF3O2/c1-22-7-10(20-9-24)5-13(22)16(26)21-11-6-12(23(2)8-11)15(25)19-4-3-14(17)18;3-2(4,5)1(6)7/h5-9H,3-4H2,1-2H3,(H3,17,18)(H,19,25)(H,20,24)(H,21,26);(H,6,7). The monoisotopic (exact) mass is 473 g/mol. The molecule has 15 heteroatoms. The number of carboxylic acids is 1. The average molecular weight is 473 g/mol. The smallest absolute Gasteiger partial charge is 0.475 e. The number of amides is 3. The van der Waals surface area contributed by atoms with Crippen molar-refractivity contribution < 1.29 is 37.5 Å². The highest BCUT2D eigenvalue weighted by Gasteiger charge is 2.38. The highest BCUT2D eigenvalue weighted by molar-refractivity contribution is 6.05. The molecule has 3 amide bonds. The molecule has 7 N–H and O–H groups in total. The summed E-state index contributed by atoms with van der Waals surface area (Å²) in [7, 11) is 3.37. The first kappa shape index (κ1) is 26.7. The van der Waals surface area contributed by atoms with Crippen LogP contribution in [0.1, 0.15) is 27.4 Å². The van der Waals surface area contributed by atoms with Gasteiger partial charge in [-0.05, 0) is 12.1 Å². The lowest BCUT2D eigenvalue weighted by Crippen LogP contribution is -2.28. The molecule has 0 atom stereocenters. The lowest BCUT2D eigenvalue weighted by atomic mass is 10.3. The number of nitrogens with two attached hydrogens (primary N) is 1. The van der Waals surface area contributed by atoms with Crippen LogP contribution in [0.5, 0.6) is 0 Å². The zero-order valence-corrected chi connectivity index (χ0v) is 17.5. The number of nitrogens with zero attached hydrogens (tertiary/aromatic N) is 2. The number of aromatic nitrogens is 2. The topological polar surface area (TPSA) is 184 Å². The van der Waals surface area contributed by atoms with Crippen LogP contribution < -0.4 is 21.7 Å². The molecule has 33 heavy (non-hydrogen) atoms. The lowest BCUT2D eigenvalue weighted by molar-refractivity contribution is -0.192. The zero-order valence-electron chi connectivity index (χ0n) is 17.5. The van der Waals surface area contributed by atoms with Gasteiger partial charge in [-0.25, -0.2) is 4.79 Å². The van der Waals surface area contributed by atoms with E-state index in [0.29, 0.717) is 29.2 Å².